The Morgan fingerprint density at radius 1 is 1.16 bits per heavy atom. The van der Waals surface area contributed by atoms with Crippen LogP contribution in [0.2, 0.25) is 0 Å². The summed E-state index contributed by atoms with van der Waals surface area (Å²) in [5.41, 5.74) is 2.92. The molecule has 1 fully saturated rings. The van der Waals surface area contributed by atoms with Gasteiger partial charge < -0.3 is 0 Å². The van der Waals surface area contributed by atoms with Crippen molar-refractivity contribution in [2.45, 2.75) is 84.7 Å². The molecule has 0 amide bonds. The number of hydrogen-bond acceptors (Lipinski definition) is 5. The van der Waals surface area contributed by atoms with Gasteiger partial charge in [0.1, 0.15) is 0 Å². The highest BCUT2D eigenvalue weighted by molar-refractivity contribution is 5.65. The Hall–Kier alpha value is -3.29. The van der Waals surface area contributed by atoms with Crippen LogP contribution in [-0.4, -0.2) is 36.0 Å². The molecule has 3 atom stereocenters. The Kier molecular flexibility index (Phi) is 7.50. The fourth-order valence-corrected chi connectivity index (χ4v) is 6.44. The lowest BCUT2D eigenvalue weighted by atomic mass is 9.61. The second kappa shape index (κ2) is 10.8. The molecule has 1 N–H and O–H groups in total. The van der Waals surface area contributed by atoms with Crippen molar-refractivity contribution < 1.29 is 0 Å². The van der Waals surface area contributed by atoms with E-state index in [0.29, 0.717) is 36.0 Å². The summed E-state index contributed by atoms with van der Waals surface area (Å²) in [5.74, 6) is 2.82. The summed E-state index contributed by atoms with van der Waals surface area (Å²) in [6, 6.07) is 8.58. The molecule has 2 aliphatic rings. The molecule has 0 radical (unpaired) electrons. The van der Waals surface area contributed by atoms with Crippen LogP contribution in [0, 0.1) is 23.7 Å². The molecule has 202 valence electrons. The van der Waals surface area contributed by atoms with Gasteiger partial charge in [-0.3, -0.25) is 14.1 Å². The number of nitrogens with zero attached hydrogens (tertiary/aromatic N) is 6. The van der Waals surface area contributed by atoms with Crippen molar-refractivity contribution in [3.8, 4) is 11.4 Å². The van der Waals surface area contributed by atoms with Crippen LogP contribution in [0.5, 0.6) is 0 Å². The summed E-state index contributed by atoms with van der Waals surface area (Å²) in [6.45, 7) is 12.0. The molecular weight excluding hydrogens is 474 g/mol. The Morgan fingerprint density at radius 3 is 2.58 bits per heavy atom. The average molecular weight is 516 g/mol. The van der Waals surface area contributed by atoms with Crippen molar-refractivity contribution in [3.63, 3.8) is 0 Å². The van der Waals surface area contributed by atoms with E-state index in [1.165, 1.54) is 6.42 Å². The fraction of sp³-hybridized carbons (Fsp3) is 0.567. The van der Waals surface area contributed by atoms with E-state index in [-0.39, 0.29) is 11.7 Å². The van der Waals surface area contributed by atoms with Crippen molar-refractivity contribution >= 4 is 6.21 Å². The Balaban J connectivity index is 1.58. The molecule has 3 aromatic rings. The molecular formula is C30H41N7O. The predicted octanol–water partition coefficient (Wildman–Crippen LogP) is 5.59. The Morgan fingerprint density at radius 2 is 1.95 bits per heavy atom. The molecule has 1 aromatic carbocycles. The highest BCUT2D eigenvalue weighted by Gasteiger charge is 2.46. The van der Waals surface area contributed by atoms with Crippen molar-refractivity contribution in [1.82, 2.24) is 29.8 Å². The largest absolute Gasteiger partial charge is 0.328 e. The minimum atomic E-state index is -0.392. The second-order valence-corrected chi connectivity index (χ2v) is 11.9. The standard InChI is InChI=1S/C30H41N7O/c1-6-7-11-24-18-36(27-25(20(2)3)17-26(27)21(4)5)29(38)37(24)19-30(12-14-31-15-13-30)23-10-8-9-22(16-23)28-32-34-35-33-28/h8-10,12,14-16,18,20-21,25-27H,6-7,11,13,17,19H2,1-5H3,(H,32,33,34,35). The molecule has 1 saturated carbocycles. The molecule has 0 saturated heterocycles. The van der Waals surface area contributed by atoms with Crippen LogP contribution in [0.3, 0.4) is 0 Å². The van der Waals surface area contributed by atoms with Gasteiger partial charge in [-0.15, -0.1) is 5.10 Å². The first kappa shape index (κ1) is 26.3. The molecule has 0 spiro atoms. The number of aromatic nitrogens is 6. The normalized spacial score (nSPS) is 24.9. The summed E-state index contributed by atoms with van der Waals surface area (Å²) in [4.78, 5) is 18.6. The Bertz CT molecular complexity index is 1330. The number of unbranched alkanes of at least 4 members (excludes halogenated alkanes) is 1. The average Bonchev–Trinajstić information content (AvgIpc) is 3.52. The van der Waals surface area contributed by atoms with Gasteiger partial charge in [-0.2, -0.15) is 0 Å². The number of nitrogens with one attached hydrogen (secondary N) is 1. The number of imidazole rings is 1. The zero-order chi connectivity index (χ0) is 26.9. The summed E-state index contributed by atoms with van der Waals surface area (Å²) >= 11 is 0. The number of aliphatic imine (C=N–C) groups is 1. The van der Waals surface area contributed by atoms with Gasteiger partial charge in [0.15, 0.2) is 5.82 Å². The van der Waals surface area contributed by atoms with Crippen LogP contribution in [0.4, 0.5) is 0 Å². The lowest BCUT2D eigenvalue weighted by Gasteiger charge is -2.49. The van der Waals surface area contributed by atoms with Gasteiger partial charge in [0.25, 0.3) is 0 Å². The summed E-state index contributed by atoms with van der Waals surface area (Å²) in [7, 11) is 0. The molecule has 5 rings (SSSR count). The first-order valence-corrected chi connectivity index (χ1v) is 14.2. The first-order valence-electron chi connectivity index (χ1n) is 14.2. The van der Waals surface area contributed by atoms with E-state index in [0.717, 1.165) is 42.5 Å². The number of tetrazole rings is 1. The van der Waals surface area contributed by atoms with Crippen molar-refractivity contribution in [3.05, 3.63) is 64.5 Å². The second-order valence-electron chi connectivity index (χ2n) is 11.9. The number of allylic oxidation sites excluding steroid dienone is 1. The number of hydrogen-bond donors (Lipinski definition) is 1. The van der Waals surface area contributed by atoms with Crippen LogP contribution in [0.1, 0.15) is 77.6 Å². The minimum Gasteiger partial charge on any atom is -0.295 e. The topological polar surface area (TPSA) is 93.7 Å². The van der Waals surface area contributed by atoms with Crippen molar-refractivity contribution in [2.75, 3.05) is 0 Å². The molecule has 0 bridgehead atoms. The van der Waals surface area contributed by atoms with Crippen LogP contribution in [0.25, 0.3) is 11.4 Å². The minimum absolute atomic E-state index is 0.128. The van der Waals surface area contributed by atoms with E-state index in [1.54, 1.807) is 0 Å². The third-order valence-electron chi connectivity index (χ3n) is 8.87. The summed E-state index contributed by atoms with van der Waals surface area (Å²) in [6.07, 6.45) is 13.2. The molecule has 38 heavy (non-hydrogen) atoms. The number of aryl methyl sites for hydroxylation is 1. The Labute approximate surface area is 225 Å². The maximum Gasteiger partial charge on any atom is 0.328 e. The van der Waals surface area contributed by atoms with Gasteiger partial charge in [0.05, 0.1) is 0 Å². The van der Waals surface area contributed by atoms with Crippen LogP contribution < -0.4 is 5.69 Å². The predicted molar refractivity (Wildman–Crippen MR) is 151 cm³/mol. The van der Waals surface area contributed by atoms with E-state index < -0.39 is 5.41 Å². The number of benzene rings is 1. The molecule has 8 heteroatoms. The van der Waals surface area contributed by atoms with E-state index >= 15 is 0 Å². The maximum atomic E-state index is 14.3. The number of H-pyrrole nitrogens is 1. The van der Waals surface area contributed by atoms with Crippen molar-refractivity contribution in [2.24, 2.45) is 28.7 Å². The van der Waals surface area contributed by atoms with E-state index in [1.807, 2.05) is 24.5 Å². The van der Waals surface area contributed by atoms with Crippen LogP contribution in [0.15, 0.2) is 52.5 Å². The highest BCUT2D eigenvalue weighted by atomic mass is 16.1. The smallest absolute Gasteiger partial charge is 0.295 e. The number of aromatic amines is 1. The monoisotopic (exact) mass is 515 g/mol. The zero-order valence-electron chi connectivity index (χ0n) is 23.3. The van der Waals surface area contributed by atoms with E-state index in [9.17, 15) is 4.79 Å². The maximum absolute atomic E-state index is 14.3. The number of rotatable bonds is 10. The quantitative estimate of drug-likeness (QED) is 0.381. The third kappa shape index (κ3) is 4.81. The molecule has 3 heterocycles. The highest BCUT2D eigenvalue weighted by Crippen LogP contribution is 2.51. The first-order chi connectivity index (χ1) is 18.3. The van der Waals surface area contributed by atoms with E-state index in [4.69, 9.17) is 0 Å². The van der Waals surface area contributed by atoms with Gasteiger partial charge in [-0.05, 0) is 71.4 Å². The third-order valence-corrected chi connectivity index (χ3v) is 8.87. The van der Waals surface area contributed by atoms with Crippen LogP contribution >= 0.6 is 0 Å². The zero-order valence-corrected chi connectivity index (χ0v) is 23.3. The van der Waals surface area contributed by atoms with Crippen molar-refractivity contribution in [1.29, 1.82) is 0 Å². The SMILES string of the molecule is CCCCc1cn(C2C(C(C)C)CC2C(C)C)c(=O)n1CC1(c2cccc(-c3nnn[nH]3)c2)C=CN=CC1. The lowest BCUT2D eigenvalue weighted by Crippen LogP contribution is -2.47. The van der Waals surface area contributed by atoms with Gasteiger partial charge in [0.2, 0.25) is 0 Å². The summed E-state index contributed by atoms with van der Waals surface area (Å²) in [5, 5.41) is 14.5. The van der Waals surface area contributed by atoms with Gasteiger partial charge in [-0.1, -0.05) is 65.3 Å². The van der Waals surface area contributed by atoms with Gasteiger partial charge in [0, 0.05) is 47.9 Å². The van der Waals surface area contributed by atoms with Crippen LogP contribution in [-0.2, 0) is 18.4 Å². The molecule has 1 aliphatic carbocycles. The van der Waals surface area contributed by atoms with E-state index in [2.05, 4.69) is 93.8 Å². The lowest BCUT2D eigenvalue weighted by molar-refractivity contribution is 0.0118. The molecule has 8 nitrogen and oxygen atoms in total. The molecule has 3 unspecified atom stereocenters. The fourth-order valence-electron chi connectivity index (χ4n) is 6.44. The van der Waals surface area contributed by atoms with Gasteiger partial charge in [-0.25, -0.2) is 9.89 Å². The molecule has 2 aromatic heterocycles. The van der Waals surface area contributed by atoms with Gasteiger partial charge >= 0.3 is 5.69 Å². The summed E-state index contributed by atoms with van der Waals surface area (Å²) < 4.78 is 4.17. The molecule has 1 aliphatic heterocycles.